The number of carbonyl (C=O) groups is 3. The molecule has 3 amide bonds. The summed E-state index contributed by atoms with van der Waals surface area (Å²) in [7, 11) is 0. The summed E-state index contributed by atoms with van der Waals surface area (Å²) in [5.74, 6) is -0.969. The van der Waals surface area contributed by atoms with Gasteiger partial charge in [-0.05, 0) is 44.0 Å². The number of nitrogens with one attached hydrogen (secondary N) is 3. The van der Waals surface area contributed by atoms with Gasteiger partial charge in [0.1, 0.15) is 11.8 Å². The largest absolute Gasteiger partial charge is 0.483 e. The molecule has 7 nitrogen and oxygen atoms in total. The van der Waals surface area contributed by atoms with Gasteiger partial charge in [0, 0.05) is 0 Å². The van der Waals surface area contributed by atoms with Gasteiger partial charge in [-0.25, -0.2) is 0 Å². The normalized spacial score (nSPS) is 11.3. The van der Waals surface area contributed by atoms with Crippen molar-refractivity contribution in [1.82, 2.24) is 16.2 Å². The smallest absolute Gasteiger partial charge is 0.276 e. The fourth-order valence-electron chi connectivity index (χ4n) is 2.43. The highest BCUT2D eigenvalue weighted by molar-refractivity contribution is 6.33. The zero-order chi connectivity index (χ0) is 20.7. The molecule has 0 aliphatic rings. The topological polar surface area (TPSA) is 96.5 Å². The maximum Gasteiger partial charge on any atom is 0.276 e. The Bertz CT molecular complexity index is 865. The first-order valence-electron chi connectivity index (χ1n) is 8.62. The Kier molecular flexibility index (Phi) is 7.40. The van der Waals surface area contributed by atoms with Gasteiger partial charge >= 0.3 is 0 Å². The van der Waals surface area contributed by atoms with Gasteiger partial charge in [0.15, 0.2) is 6.61 Å². The number of para-hydroxylation sites is 1. The van der Waals surface area contributed by atoms with Gasteiger partial charge in [0.2, 0.25) is 0 Å². The van der Waals surface area contributed by atoms with Crippen molar-refractivity contribution >= 4 is 29.3 Å². The van der Waals surface area contributed by atoms with E-state index in [9.17, 15) is 14.4 Å². The molecule has 1 atom stereocenters. The molecule has 0 spiro atoms. The molecule has 2 rings (SSSR count). The number of benzene rings is 2. The second-order valence-corrected chi connectivity index (χ2v) is 6.63. The minimum absolute atomic E-state index is 0.258. The third kappa shape index (κ3) is 5.72. The molecule has 0 fully saturated rings. The van der Waals surface area contributed by atoms with Gasteiger partial charge in [0.05, 0.1) is 10.6 Å². The number of rotatable bonds is 6. The van der Waals surface area contributed by atoms with Crippen LogP contribution in [0.25, 0.3) is 0 Å². The maximum atomic E-state index is 12.2. The molecule has 0 radical (unpaired) electrons. The summed E-state index contributed by atoms with van der Waals surface area (Å²) in [6.45, 7) is 4.99. The minimum Gasteiger partial charge on any atom is -0.483 e. The zero-order valence-electron chi connectivity index (χ0n) is 15.8. The van der Waals surface area contributed by atoms with Crippen LogP contribution in [0.3, 0.4) is 0 Å². The quantitative estimate of drug-likeness (QED) is 0.645. The summed E-state index contributed by atoms with van der Waals surface area (Å²) >= 11 is 5.96. The molecule has 0 saturated heterocycles. The molecule has 2 aromatic carbocycles. The first-order chi connectivity index (χ1) is 13.3. The van der Waals surface area contributed by atoms with Crippen molar-refractivity contribution < 1.29 is 19.1 Å². The Labute approximate surface area is 168 Å². The van der Waals surface area contributed by atoms with Crippen LogP contribution in [-0.2, 0) is 9.59 Å². The molecule has 0 aliphatic carbocycles. The van der Waals surface area contributed by atoms with Gasteiger partial charge in [-0.2, -0.15) is 0 Å². The average molecular weight is 404 g/mol. The number of ether oxygens (including phenoxy) is 1. The van der Waals surface area contributed by atoms with Crippen molar-refractivity contribution in [1.29, 1.82) is 0 Å². The lowest BCUT2D eigenvalue weighted by Crippen LogP contribution is -2.52. The third-order valence-electron chi connectivity index (χ3n) is 3.94. The summed E-state index contributed by atoms with van der Waals surface area (Å²) < 4.78 is 5.51. The number of halogens is 1. The molecular formula is C20H22ClN3O4. The first-order valence-corrected chi connectivity index (χ1v) is 9.00. The van der Waals surface area contributed by atoms with Crippen molar-refractivity contribution in [3.8, 4) is 5.75 Å². The van der Waals surface area contributed by atoms with E-state index in [4.69, 9.17) is 16.3 Å². The molecule has 3 N–H and O–H groups in total. The highest BCUT2D eigenvalue weighted by Gasteiger charge is 2.18. The average Bonchev–Trinajstić information content (AvgIpc) is 2.65. The van der Waals surface area contributed by atoms with Crippen LogP contribution >= 0.6 is 11.6 Å². The highest BCUT2D eigenvalue weighted by Crippen LogP contribution is 2.22. The van der Waals surface area contributed by atoms with Crippen molar-refractivity contribution in [2.75, 3.05) is 6.61 Å². The second-order valence-electron chi connectivity index (χ2n) is 6.22. The van der Waals surface area contributed by atoms with E-state index in [2.05, 4.69) is 16.2 Å². The van der Waals surface area contributed by atoms with Crippen molar-refractivity contribution in [3.05, 3.63) is 64.2 Å². The van der Waals surface area contributed by atoms with E-state index in [-0.39, 0.29) is 17.2 Å². The molecule has 8 heteroatoms. The molecule has 0 heterocycles. The highest BCUT2D eigenvalue weighted by atomic mass is 35.5. The number of aryl methyl sites for hydroxylation is 2. The lowest BCUT2D eigenvalue weighted by Gasteiger charge is -2.16. The van der Waals surface area contributed by atoms with Crippen LogP contribution < -0.4 is 20.9 Å². The molecule has 0 unspecified atom stereocenters. The van der Waals surface area contributed by atoms with E-state index in [1.54, 1.807) is 24.3 Å². The molecule has 148 valence electrons. The van der Waals surface area contributed by atoms with E-state index in [0.717, 1.165) is 11.1 Å². The third-order valence-corrected chi connectivity index (χ3v) is 4.27. The van der Waals surface area contributed by atoms with Crippen LogP contribution in [0, 0.1) is 13.8 Å². The Balaban J connectivity index is 1.80. The Morgan fingerprint density at radius 1 is 1.00 bits per heavy atom. The van der Waals surface area contributed by atoms with E-state index < -0.39 is 23.8 Å². The predicted octanol–water partition coefficient (Wildman–Crippen LogP) is 2.30. The molecule has 0 bridgehead atoms. The molecule has 2 aromatic rings. The predicted molar refractivity (Wildman–Crippen MR) is 106 cm³/mol. The number of hydrogen-bond donors (Lipinski definition) is 3. The minimum atomic E-state index is -0.886. The second kappa shape index (κ2) is 9.75. The SMILES string of the molecule is Cc1cccc(C)c1OCC(=O)NNC(=O)[C@H](C)NC(=O)c1ccccc1Cl. The van der Waals surface area contributed by atoms with Gasteiger partial charge < -0.3 is 10.1 Å². The lowest BCUT2D eigenvalue weighted by molar-refractivity contribution is -0.130. The first kappa shape index (κ1) is 21.2. The summed E-state index contributed by atoms with van der Waals surface area (Å²) in [5.41, 5.74) is 6.59. The van der Waals surface area contributed by atoms with Crippen LogP contribution in [0.1, 0.15) is 28.4 Å². The van der Waals surface area contributed by atoms with Gasteiger partial charge in [-0.1, -0.05) is 41.9 Å². The molecule has 0 saturated carbocycles. The Morgan fingerprint density at radius 2 is 1.64 bits per heavy atom. The standard InChI is InChI=1S/C20H22ClN3O4/c1-12-7-6-8-13(2)18(12)28-11-17(25)23-24-19(26)14(3)22-20(27)15-9-4-5-10-16(15)21/h4-10,14H,11H2,1-3H3,(H,22,27)(H,23,25)(H,24,26)/t14-/m0/s1. The van der Waals surface area contributed by atoms with Crippen molar-refractivity contribution in [3.63, 3.8) is 0 Å². The number of carbonyl (C=O) groups excluding carboxylic acids is 3. The van der Waals surface area contributed by atoms with Crippen molar-refractivity contribution in [2.45, 2.75) is 26.8 Å². The van der Waals surface area contributed by atoms with E-state index in [1.165, 1.54) is 6.92 Å². The van der Waals surface area contributed by atoms with Gasteiger partial charge in [-0.3, -0.25) is 25.2 Å². The Hall–Kier alpha value is -3.06. The van der Waals surface area contributed by atoms with Crippen LogP contribution in [0.5, 0.6) is 5.75 Å². The molecule has 0 aliphatic heterocycles. The summed E-state index contributed by atoms with van der Waals surface area (Å²) in [4.78, 5) is 36.1. The number of hydrogen-bond acceptors (Lipinski definition) is 4. The summed E-state index contributed by atoms with van der Waals surface area (Å²) in [5, 5.41) is 2.80. The van der Waals surface area contributed by atoms with Crippen LogP contribution in [0.15, 0.2) is 42.5 Å². The van der Waals surface area contributed by atoms with Crippen LogP contribution in [-0.4, -0.2) is 30.4 Å². The lowest BCUT2D eigenvalue weighted by atomic mass is 10.1. The maximum absolute atomic E-state index is 12.2. The van der Waals surface area contributed by atoms with Gasteiger partial charge in [0.25, 0.3) is 17.7 Å². The zero-order valence-corrected chi connectivity index (χ0v) is 16.6. The fourth-order valence-corrected chi connectivity index (χ4v) is 2.65. The fraction of sp³-hybridized carbons (Fsp3) is 0.250. The molecule has 28 heavy (non-hydrogen) atoms. The molecular weight excluding hydrogens is 382 g/mol. The summed E-state index contributed by atoms with van der Waals surface area (Å²) in [6, 6.07) is 11.3. The van der Waals surface area contributed by atoms with E-state index in [0.29, 0.717) is 5.75 Å². The molecule has 0 aromatic heterocycles. The Morgan fingerprint density at radius 3 is 2.29 bits per heavy atom. The van der Waals surface area contributed by atoms with E-state index in [1.807, 2.05) is 32.0 Å². The van der Waals surface area contributed by atoms with Crippen molar-refractivity contribution in [2.24, 2.45) is 0 Å². The number of hydrazine groups is 1. The van der Waals surface area contributed by atoms with Crippen LogP contribution in [0.4, 0.5) is 0 Å². The number of amides is 3. The summed E-state index contributed by atoms with van der Waals surface area (Å²) in [6.07, 6.45) is 0. The van der Waals surface area contributed by atoms with Gasteiger partial charge in [-0.15, -0.1) is 0 Å². The van der Waals surface area contributed by atoms with E-state index >= 15 is 0 Å². The van der Waals surface area contributed by atoms with Crippen LogP contribution in [0.2, 0.25) is 5.02 Å². The monoisotopic (exact) mass is 403 g/mol.